The molecular formula is C6HBr2NO2S. The Morgan fingerprint density at radius 3 is 2.67 bits per heavy atom. The molecule has 1 heterocycles. The van der Waals surface area contributed by atoms with E-state index in [1.165, 1.54) is 17.4 Å². The average Bonchev–Trinajstić information content (AvgIpc) is 2.30. The SMILES string of the molecule is O=C=NC(=O)c1cc(Br)sc1Br. The molecule has 0 aliphatic heterocycles. The van der Waals surface area contributed by atoms with Crippen LogP contribution >= 0.6 is 43.2 Å². The second-order valence-electron chi connectivity index (χ2n) is 1.75. The van der Waals surface area contributed by atoms with Gasteiger partial charge in [0.1, 0.15) is 0 Å². The fraction of sp³-hybridized carbons (Fsp3) is 0. The predicted octanol–water partition coefficient (Wildman–Crippen LogP) is 2.75. The van der Waals surface area contributed by atoms with E-state index >= 15 is 0 Å². The number of thiophene rings is 1. The lowest BCUT2D eigenvalue weighted by Gasteiger charge is -1.85. The lowest BCUT2D eigenvalue weighted by atomic mass is 10.3. The third-order valence-electron chi connectivity index (χ3n) is 1.03. The summed E-state index contributed by atoms with van der Waals surface area (Å²) in [6.07, 6.45) is 1.20. The van der Waals surface area contributed by atoms with Crippen LogP contribution in [0.15, 0.2) is 18.6 Å². The number of hydrogen-bond donors (Lipinski definition) is 0. The maximum Gasteiger partial charge on any atom is 0.289 e. The Balaban J connectivity index is 3.10. The summed E-state index contributed by atoms with van der Waals surface area (Å²) in [6.45, 7) is 0. The van der Waals surface area contributed by atoms with E-state index in [-0.39, 0.29) is 0 Å². The summed E-state index contributed by atoms with van der Waals surface area (Å²) in [7, 11) is 0. The van der Waals surface area contributed by atoms with Crippen LogP contribution in [0, 0.1) is 0 Å². The van der Waals surface area contributed by atoms with Gasteiger partial charge in [0.2, 0.25) is 6.08 Å². The van der Waals surface area contributed by atoms with Crippen molar-refractivity contribution in [3.63, 3.8) is 0 Å². The number of hydrogen-bond acceptors (Lipinski definition) is 3. The second-order valence-corrected chi connectivity index (χ2v) is 5.50. The van der Waals surface area contributed by atoms with Crippen LogP contribution in [0.25, 0.3) is 0 Å². The van der Waals surface area contributed by atoms with E-state index < -0.39 is 5.91 Å². The Labute approximate surface area is 88.8 Å². The molecule has 0 atom stereocenters. The number of amides is 1. The van der Waals surface area contributed by atoms with Gasteiger partial charge in [0, 0.05) is 0 Å². The summed E-state index contributed by atoms with van der Waals surface area (Å²) >= 11 is 7.71. The van der Waals surface area contributed by atoms with Gasteiger partial charge >= 0.3 is 0 Å². The van der Waals surface area contributed by atoms with Crippen molar-refractivity contribution in [1.82, 2.24) is 0 Å². The molecule has 6 heteroatoms. The Hall–Kier alpha value is -0.290. The molecule has 0 radical (unpaired) electrons. The molecule has 12 heavy (non-hydrogen) atoms. The summed E-state index contributed by atoms with van der Waals surface area (Å²) in [5.41, 5.74) is 0.371. The van der Waals surface area contributed by atoms with Crippen LogP contribution in [-0.2, 0) is 4.79 Å². The molecule has 0 saturated heterocycles. The van der Waals surface area contributed by atoms with Crippen LogP contribution in [0.4, 0.5) is 0 Å². The predicted molar refractivity (Wildman–Crippen MR) is 52.2 cm³/mol. The number of nitrogens with zero attached hydrogens (tertiary/aromatic N) is 1. The van der Waals surface area contributed by atoms with E-state index in [0.717, 1.165) is 3.79 Å². The van der Waals surface area contributed by atoms with E-state index in [4.69, 9.17) is 0 Å². The fourth-order valence-corrected chi connectivity index (χ4v) is 3.37. The Morgan fingerprint density at radius 1 is 1.58 bits per heavy atom. The first kappa shape index (κ1) is 9.80. The zero-order chi connectivity index (χ0) is 9.14. The standard InChI is InChI=1S/C6HBr2NO2S/c7-4-1-3(5(8)12-4)6(11)9-2-10/h1H. The van der Waals surface area contributed by atoms with Crippen LogP contribution in [0.3, 0.4) is 0 Å². The summed E-state index contributed by atoms with van der Waals surface area (Å²) in [4.78, 5) is 23.8. The van der Waals surface area contributed by atoms with Crippen molar-refractivity contribution in [1.29, 1.82) is 0 Å². The molecule has 0 unspecified atom stereocenters. The Kier molecular flexibility index (Phi) is 3.34. The van der Waals surface area contributed by atoms with Gasteiger partial charge < -0.3 is 0 Å². The third kappa shape index (κ3) is 2.10. The average molecular weight is 311 g/mol. The molecule has 0 spiro atoms. The number of aliphatic imine (C=N–C) groups is 1. The molecule has 62 valence electrons. The normalized spacial score (nSPS) is 9.17. The molecule has 1 rings (SSSR count). The maximum atomic E-state index is 11.0. The number of isocyanates is 1. The van der Waals surface area contributed by atoms with E-state index in [1.807, 2.05) is 0 Å². The van der Waals surface area contributed by atoms with Gasteiger partial charge in [-0.1, -0.05) is 0 Å². The van der Waals surface area contributed by atoms with Gasteiger partial charge in [-0.3, -0.25) is 4.79 Å². The molecule has 1 aromatic rings. The first-order chi connectivity index (χ1) is 5.65. The highest BCUT2D eigenvalue weighted by Gasteiger charge is 2.12. The zero-order valence-corrected chi connectivity index (χ0v) is 9.49. The Bertz CT molecular complexity index is 368. The summed E-state index contributed by atoms with van der Waals surface area (Å²) in [5.74, 6) is -0.584. The highest BCUT2D eigenvalue weighted by molar-refractivity contribution is 9.12. The number of halogens is 2. The lowest BCUT2D eigenvalue weighted by molar-refractivity contribution is 0.100. The summed E-state index contributed by atoms with van der Waals surface area (Å²) < 4.78 is 1.46. The molecule has 3 nitrogen and oxygen atoms in total. The van der Waals surface area contributed by atoms with Crippen LogP contribution in [0.2, 0.25) is 0 Å². The molecule has 0 aliphatic carbocycles. The van der Waals surface area contributed by atoms with Gasteiger partial charge in [-0.2, -0.15) is 0 Å². The van der Waals surface area contributed by atoms with Crippen LogP contribution in [0.1, 0.15) is 10.4 Å². The smallest absolute Gasteiger partial charge is 0.266 e. The topological polar surface area (TPSA) is 46.5 Å². The van der Waals surface area contributed by atoms with E-state index in [9.17, 15) is 9.59 Å². The molecular weight excluding hydrogens is 310 g/mol. The third-order valence-corrected chi connectivity index (χ3v) is 3.37. The largest absolute Gasteiger partial charge is 0.289 e. The van der Waals surface area contributed by atoms with Crippen molar-refractivity contribution >= 4 is 55.2 Å². The van der Waals surface area contributed by atoms with Gasteiger partial charge in [0.25, 0.3) is 5.91 Å². The molecule has 0 aromatic carbocycles. The van der Waals surface area contributed by atoms with Gasteiger partial charge in [-0.05, 0) is 37.9 Å². The van der Waals surface area contributed by atoms with Gasteiger partial charge in [0.05, 0.1) is 13.1 Å². The molecule has 1 aromatic heterocycles. The minimum absolute atomic E-state index is 0.371. The number of carbonyl (C=O) groups is 1. The van der Waals surface area contributed by atoms with Crippen molar-refractivity contribution in [2.75, 3.05) is 0 Å². The fourth-order valence-electron chi connectivity index (χ4n) is 0.588. The molecule has 0 fully saturated rings. The monoisotopic (exact) mass is 309 g/mol. The second kappa shape index (κ2) is 4.09. The minimum Gasteiger partial charge on any atom is -0.266 e. The number of carbonyl (C=O) groups excluding carboxylic acids is 2. The summed E-state index contributed by atoms with van der Waals surface area (Å²) in [6, 6.07) is 1.60. The molecule has 0 N–H and O–H groups in total. The molecule has 0 saturated carbocycles. The Morgan fingerprint density at radius 2 is 2.25 bits per heavy atom. The van der Waals surface area contributed by atoms with Crippen LogP contribution < -0.4 is 0 Å². The highest BCUT2D eigenvalue weighted by Crippen LogP contribution is 2.32. The quantitative estimate of drug-likeness (QED) is 0.591. The van der Waals surface area contributed by atoms with Crippen LogP contribution in [-0.4, -0.2) is 12.0 Å². The van der Waals surface area contributed by atoms with Gasteiger partial charge in [0.15, 0.2) is 0 Å². The van der Waals surface area contributed by atoms with E-state index in [0.29, 0.717) is 9.35 Å². The van der Waals surface area contributed by atoms with E-state index in [2.05, 4.69) is 36.9 Å². The minimum atomic E-state index is -0.584. The molecule has 0 aliphatic rings. The van der Waals surface area contributed by atoms with E-state index in [1.54, 1.807) is 6.07 Å². The molecule has 0 bridgehead atoms. The van der Waals surface area contributed by atoms with Gasteiger partial charge in [-0.15, -0.1) is 16.3 Å². The lowest BCUT2D eigenvalue weighted by Crippen LogP contribution is -1.91. The zero-order valence-electron chi connectivity index (χ0n) is 5.51. The highest BCUT2D eigenvalue weighted by atomic mass is 79.9. The first-order valence-corrected chi connectivity index (χ1v) is 5.12. The maximum absolute atomic E-state index is 11.0. The van der Waals surface area contributed by atoms with Gasteiger partial charge in [-0.25, -0.2) is 4.79 Å². The van der Waals surface area contributed by atoms with Crippen molar-refractivity contribution in [2.24, 2.45) is 4.99 Å². The van der Waals surface area contributed by atoms with Crippen molar-refractivity contribution in [2.45, 2.75) is 0 Å². The number of rotatable bonds is 1. The van der Waals surface area contributed by atoms with Crippen LogP contribution in [0.5, 0.6) is 0 Å². The first-order valence-electron chi connectivity index (χ1n) is 2.72. The van der Waals surface area contributed by atoms with Crippen molar-refractivity contribution < 1.29 is 9.59 Å². The molecule has 1 amide bonds. The van der Waals surface area contributed by atoms with Crippen molar-refractivity contribution in [3.05, 3.63) is 19.2 Å². The summed E-state index contributed by atoms with van der Waals surface area (Å²) in [5, 5.41) is 0. The van der Waals surface area contributed by atoms with Crippen molar-refractivity contribution in [3.8, 4) is 0 Å².